The lowest BCUT2D eigenvalue weighted by atomic mass is 10.2. The molecule has 4 rings (SSSR count). The molecule has 0 bridgehead atoms. The van der Waals surface area contributed by atoms with Gasteiger partial charge in [-0.1, -0.05) is 0 Å². The Morgan fingerprint density at radius 1 is 1.44 bits per heavy atom. The number of carbonyl (C=O) groups excluding carboxylic acids is 1. The third kappa shape index (κ3) is 3.28. The highest BCUT2D eigenvalue weighted by Crippen LogP contribution is 2.21. The van der Waals surface area contributed by atoms with E-state index in [-0.39, 0.29) is 12.0 Å². The Morgan fingerprint density at radius 3 is 3.20 bits per heavy atom. The number of carbonyl (C=O) groups is 1. The van der Waals surface area contributed by atoms with Crippen LogP contribution in [-0.2, 0) is 18.3 Å². The summed E-state index contributed by atoms with van der Waals surface area (Å²) in [6.45, 7) is 2.11. The van der Waals surface area contributed by atoms with E-state index in [0.29, 0.717) is 17.7 Å². The maximum atomic E-state index is 12.3. The molecular formula is C18H20N4O3. The third-order valence-electron chi connectivity index (χ3n) is 4.63. The van der Waals surface area contributed by atoms with Crippen molar-refractivity contribution in [3.8, 4) is 0 Å². The lowest BCUT2D eigenvalue weighted by Gasteiger charge is -2.23. The molecule has 0 spiro atoms. The minimum absolute atomic E-state index is 0.223. The van der Waals surface area contributed by atoms with Gasteiger partial charge in [-0.05, 0) is 37.6 Å². The molecule has 1 atom stereocenters. The first-order valence-corrected chi connectivity index (χ1v) is 8.41. The first-order chi connectivity index (χ1) is 12.2. The number of nitrogens with zero attached hydrogens (tertiary/aromatic N) is 4. The summed E-state index contributed by atoms with van der Waals surface area (Å²) in [5.41, 5.74) is 1.87. The van der Waals surface area contributed by atoms with Gasteiger partial charge in [0.15, 0.2) is 5.65 Å². The Kier molecular flexibility index (Phi) is 4.23. The van der Waals surface area contributed by atoms with Crippen molar-refractivity contribution in [1.82, 2.24) is 19.4 Å². The molecule has 3 aromatic rings. The topological polar surface area (TPSA) is 73.4 Å². The van der Waals surface area contributed by atoms with E-state index in [2.05, 4.69) is 14.9 Å². The fourth-order valence-corrected chi connectivity index (χ4v) is 3.28. The van der Waals surface area contributed by atoms with Crippen LogP contribution in [0.1, 0.15) is 29.0 Å². The predicted molar refractivity (Wildman–Crippen MR) is 90.9 cm³/mol. The second kappa shape index (κ2) is 6.68. The van der Waals surface area contributed by atoms with E-state index in [0.717, 1.165) is 37.3 Å². The molecule has 25 heavy (non-hydrogen) atoms. The Labute approximate surface area is 145 Å². The van der Waals surface area contributed by atoms with E-state index in [1.165, 1.54) is 0 Å². The fourth-order valence-electron chi connectivity index (χ4n) is 3.28. The van der Waals surface area contributed by atoms with Gasteiger partial charge in [-0.25, -0.2) is 14.8 Å². The van der Waals surface area contributed by atoms with Crippen LogP contribution in [-0.4, -0.2) is 44.6 Å². The number of furan rings is 1. The standard InChI is InChI=1S/C18H20N4O3/c1-21-12-20-16-8-13(9-19-17(16)21)18(23)25-11-14-4-2-6-22(14)10-15-5-3-7-24-15/h3,5,7-9,12,14H,2,4,6,10-11H2,1H3/t14-/m1/s1. The lowest BCUT2D eigenvalue weighted by molar-refractivity contribution is 0.0385. The van der Waals surface area contributed by atoms with Gasteiger partial charge in [0.05, 0.1) is 24.7 Å². The molecule has 4 heterocycles. The van der Waals surface area contributed by atoms with Gasteiger partial charge < -0.3 is 13.7 Å². The zero-order chi connectivity index (χ0) is 17.2. The molecule has 1 saturated heterocycles. The van der Waals surface area contributed by atoms with Gasteiger partial charge in [0, 0.05) is 19.3 Å². The van der Waals surface area contributed by atoms with Crippen molar-refractivity contribution < 1.29 is 13.9 Å². The van der Waals surface area contributed by atoms with E-state index >= 15 is 0 Å². The average Bonchev–Trinajstić information content (AvgIpc) is 3.36. The Bertz CT molecular complexity index is 872. The van der Waals surface area contributed by atoms with Crippen LogP contribution in [0, 0.1) is 0 Å². The van der Waals surface area contributed by atoms with Gasteiger partial charge >= 0.3 is 5.97 Å². The van der Waals surface area contributed by atoms with Gasteiger partial charge in [0.25, 0.3) is 0 Å². The number of aromatic nitrogens is 3. The van der Waals surface area contributed by atoms with Gasteiger partial charge in [0.1, 0.15) is 17.9 Å². The molecule has 1 aliphatic rings. The largest absolute Gasteiger partial charge is 0.468 e. The lowest BCUT2D eigenvalue weighted by Crippen LogP contribution is -2.33. The molecule has 0 saturated carbocycles. The van der Waals surface area contributed by atoms with Crippen molar-refractivity contribution in [2.45, 2.75) is 25.4 Å². The van der Waals surface area contributed by atoms with Crippen LogP contribution in [0.2, 0.25) is 0 Å². The van der Waals surface area contributed by atoms with Crippen LogP contribution in [0.5, 0.6) is 0 Å². The fraction of sp³-hybridized carbons (Fsp3) is 0.389. The first kappa shape index (κ1) is 15.8. The number of hydrogen-bond acceptors (Lipinski definition) is 6. The smallest absolute Gasteiger partial charge is 0.339 e. The van der Waals surface area contributed by atoms with Gasteiger partial charge in [0.2, 0.25) is 0 Å². The van der Waals surface area contributed by atoms with Crippen molar-refractivity contribution in [3.63, 3.8) is 0 Å². The summed E-state index contributed by atoms with van der Waals surface area (Å²) in [5.74, 6) is 0.577. The number of likely N-dealkylation sites (tertiary alicyclic amines) is 1. The molecule has 0 amide bonds. The van der Waals surface area contributed by atoms with Gasteiger partial charge in [-0.15, -0.1) is 0 Å². The highest BCUT2D eigenvalue weighted by molar-refractivity contribution is 5.92. The number of aryl methyl sites for hydroxylation is 1. The van der Waals surface area contributed by atoms with E-state index in [1.807, 2.05) is 23.7 Å². The van der Waals surface area contributed by atoms with Crippen molar-refractivity contribution in [3.05, 3.63) is 48.3 Å². The van der Waals surface area contributed by atoms with Crippen LogP contribution in [0.4, 0.5) is 0 Å². The van der Waals surface area contributed by atoms with Crippen molar-refractivity contribution in [1.29, 1.82) is 0 Å². The number of imidazole rings is 1. The van der Waals surface area contributed by atoms with E-state index in [9.17, 15) is 4.79 Å². The average molecular weight is 340 g/mol. The Balaban J connectivity index is 1.38. The van der Waals surface area contributed by atoms with Crippen molar-refractivity contribution >= 4 is 17.1 Å². The number of fused-ring (bicyclic) bond motifs is 1. The number of ether oxygens (including phenoxy) is 1. The maximum absolute atomic E-state index is 12.3. The second-order valence-corrected chi connectivity index (χ2v) is 6.37. The SMILES string of the molecule is Cn1cnc2cc(C(=O)OC[C@H]3CCCN3Cc3ccco3)cnc21. The quantitative estimate of drug-likeness (QED) is 0.664. The van der Waals surface area contributed by atoms with E-state index in [1.54, 1.807) is 24.9 Å². The molecule has 0 aliphatic carbocycles. The zero-order valence-corrected chi connectivity index (χ0v) is 14.1. The second-order valence-electron chi connectivity index (χ2n) is 6.37. The minimum atomic E-state index is -0.357. The molecule has 7 heteroatoms. The molecule has 3 aromatic heterocycles. The summed E-state index contributed by atoms with van der Waals surface area (Å²) in [6, 6.07) is 5.80. The zero-order valence-electron chi connectivity index (χ0n) is 14.1. The molecular weight excluding hydrogens is 320 g/mol. The predicted octanol–water partition coefficient (Wildman–Crippen LogP) is 2.38. The van der Waals surface area contributed by atoms with Crippen LogP contribution in [0.3, 0.4) is 0 Å². The monoisotopic (exact) mass is 340 g/mol. The molecule has 0 unspecified atom stereocenters. The summed E-state index contributed by atoms with van der Waals surface area (Å²) >= 11 is 0. The van der Waals surface area contributed by atoms with Crippen LogP contribution in [0.15, 0.2) is 41.4 Å². The highest BCUT2D eigenvalue weighted by atomic mass is 16.5. The molecule has 130 valence electrons. The van der Waals surface area contributed by atoms with Gasteiger partial charge in [-0.2, -0.15) is 0 Å². The minimum Gasteiger partial charge on any atom is -0.468 e. The summed E-state index contributed by atoms with van der Waals surface area (Å²) in [7, 11) is 1.87. The molecule has 7 nitrogen and oxygen atoms in total. The van der Waals surface area contributed by atoms with Crippen LogP contribution < -0.4 is 0 Å². The molecule has 1 fully saturated rings. The van der Waals surface area contributed by atoms with Gasteiger partial charge in [-0.3, -0.25) is 4.90 Å². The molecule has 0 N–H and O–H groups in total. The number of pyridine rings is 1. The first-order valence-electron chi connectivity index (χ1n) is 8.41. The number of rotatable bonds is 5. The van der Waals surface area contributed by atoms with Crippen LogP contribution >= 0.6 is 0 Å². The number of hydrogen-bond donors (Lipinski definition) is 0. The highest BCUT2D eigenvalue weighted by Gasteiger charge is 2.26. The van der Waals surface area contributed by atoms with Crippen LogP contribution in [0.25, 0.3) is 11.2 Å². The van der Waals surface area contributed by atoms with E-state index in [4.69, 9.17) is 9.15 Å². The Morgan fingerprint density at radius 2 is 2.36 bits per heavy atom. The number of esters is 1. The third-order valence-corrected chi connectivity index (χ3v) is 4.63. The summed E-state index contributed by atoms with van der Waals surface area (Å²) < 4.78 is 12.8. The summed E-state index contributed by atoms with van der Waals surface area (Å²) in [4.78, 5) is 23.1. The molecule has 0 aromatic carbocycles. The summed E-state index contributed by atoms with van der Waals surface area (Å²) in [5, 5.41) is 0. The normalized spacial score (nSPS) is 18.0. The van der Waals surface area contributed by atoms with E-state index < -0.39 is 0 Å². The Hall–Kier alpha value is -2.67. The molecule has 1 aliphatic heterocycles. The van der Waals surface area contributed by atoms with Crippen molar-refractivity contribution in [2.24, 2.45) is 7.05 Å². The maximum Gasteiger partial charge on any atom is 0.339 e. The summed E-state index contributed by atoms with van der Waals surface area (Å²) in [6.07, 6.45) is 7.02. The van der Waals surface area contributed by atoms with Crippen molar-refractivity contribution in [2.75, 3.05) is 13.2 Å². The molecule has 0 radical (unpaired) electrons.